The molecule has 1 atom stereocenters. The molecule has 5 nitrogen and oxygen atoms in total. The number of benzene rings is 2. The van der Waals surface area contributed by atoms with Crippen LogP contribution in [0.1, 0.15) is 22.8 Å². The second kappa shape index (κ2) is 8.06. The average molecular weight is 421 g/mol. The van der Waals surface area contributed by atoms with Gasteiger partial charge in [0.05, 0.1) is 21.8 Å². The zero-order valence-electron chi connectivity index (χ0n) is 13.7. The minimum atomic E-state index is -4.60. The van der Waals surface area contributed by atoms with Gasteiger partial charge in [0, 0.05) is 10.7 Å². The predicted molar refractivity (Wildman–Crippen MR) is 95.8 cm³/mol. The van der Waals surface area contributed by atoms with E-state index >= 15 is 0 Å². The van der Waals surface area contributed by atoms with Crippen LogP contribution in [0.4, 0.5) is 24.5 Å². The van der Waals surface area contributed by atoms with Crippen molar-refractivity contribution in [3.63, 3.8) is 0 Å². The summed E-state index contributed by atoms with van der Waals surface area (Å²) in [6, 6.07) is 6.56. The van der Waals surface area contributed by atoms with Crippen LogP contribution in [0.3, 0.4) is 0 Å². The highest BCUT2D eigenvalue weighted by Gasteiger charge is 2.31. The van der Waals surface area contributed by atoms with Gasteiger partial charge in [-0.3, -0.25) is 4.79 Å². The van der Waals surface area contributed by atoms with E-state index in [1.165, 1.54) is 25.1 Å². The van der Waals surface area contributed by atoms with E-state index in [9.17, 15) is 22.8 Å². The van der Waals surface area contributed by atoms with Gasteiger partial charge >= 0.3 is 12.1 Å². The maximum Gasteiger partial charge on any atom is 0.416 e. The van der Waals surface area contributed by atoms with Crippen LogP contribution in [0, 0.1) is 0 Å². The van der Waals surface area contributed by atoms with Gasteiger partial charge in [-0.25, -0.2) is 4.79 Å². The molecule has 1 amide bonds. The third-order valence-electron chi connectivity index (χ3n) is 3.44. The summed E-state index contributed by atoms with van der Waals surface area (Å²) >= 11 is 11.6. The highest BCUT2D eigenvalue weighted by molar-refractivity contribution is 6.33. The first-order valence-electron chi connectivity index (χ1n) is 7.42. The lowest BCUT2D eigenvalue weighted by Gasteiger charge is -2.16. The molecule has 27 heavy (non-hydrogen) atoms. The van der Waals surface area contributed by atoms with Crippen molar-refractivity contribution >= 4 is 46.5 Å². The lowest BCUT2D eigenvalue weighted by molar-refractivity contribution is -0.137. The summed E-state index contributed by atoms with van der Waals surface area (Å²) in [6.45, 7) is 1.25. The topological polar surface area (TPSA) is 81.4 Å². The standard InChI is InChI=1S/C17H13Cl2F3N2O3/c1-8(27-16(26)11-4-3-10(18)7-13(11)23)15(25)24-14-6-9(17(20,21)22)2-5-12(14)19/h2-8H,23H2,1H3,(H,24,25)/t8-/m1/s1. The van der Waals surface area contributed by atoms with Gasteiger partial charge < -0.3 is 15.8 Å². The third kappa shape index (κ3) is 5.27. The molecule has 2 aromatic rings. The van der Waals surface area contributed by atoms with Crippen molar-refractivity contribution in [1.29, 1.82) is 0 Å². The molecule has 2 aromatic carbocycles. The Labute approximate surface area is 162 Å². The van der Waals surface area contributed by atoms with Gasteiger partial charge in [-0.05, 0) is 43.3 Å². The van der Waals surface area contributed by atoms with Gasteiger partial charge in [-0.2, -0.15) is 13.2 Å². The molecule has 0 saturated heterocycles. The van der Waals surface area contributed by atoms with Gasteiger partial charge in [0.25, 0.3) is 5.91 Å². The number of carbonyl (C=O) groups is 2. The Balaban J connectivity index is 2.11. The normalized spacial score (nSPS) is 12.4. The maximum atomic E-state index is 12.8. The number of nitrogens with one attached hydrogen (secondary N) is 1. The number of halogens is 5. The zero-order chi connectivity index (χ0) is 20.4. The van der Waals surface area contributed by atoms with E-state index < -0.39 is 29.7 Å². The molecule has 0 heterocycles. The number of carbonyl (C=O) groups excluding carboxylic acids is 2. The van der Waals surface area contributed by atoms with E-state index in [0.717, 1.165) is 12.1 Å². The Morgan fingerprint density at radius 2 is 1.81 bits per heavy atom. The minimum Gasteiger partial charge on any atom is -0.449 e. The van der Waals surface area contributed by atoms with Crippen molar-refractivity contribution in [2.75, 3.05) is 11.1 Å². The number of nitrogen functional groups attached to an aromatic ring is 1. The first-order chi connectivity index (χ1) is 12.5. The SMILES string of the molecule is C[C@@H](OC(=O)c1ccc(Cl)cc1N)C(=O)Nc1cc(C(F)(F)F)ccc1Cl. The number of hydrogen-bond donors (Lipinski definition) is 2. The third-order valence-corrected chi connectivity index (χ3v) is 4.00. The Hall–Kier alpha value is -2.45. The summed E-state index contributed by atoms with van der Waals surface area (Å²) in [4.78, 5) is 24.2. The largest absolute Gasteiger partial charge is 0.449 e. The van der Waals surface area contributed by atoms with Crippen molar-refractivity contribution in [3.8, 4) is 0 Å². The Morgan fingerprint density at radius 1 is 1.15 bits per heavy atom. The second-order valence-corrected chi connectivity index (χ2v) is 6.30. The number of ether oxygens (including phenoxy) is 1. The molecule has 0 bridgehead atoms. The summed E-state index contributed by atoms with van der Waals surface area (Å²) in [5, 5.41) is 2.42. The van der Waals surface area contributed by atoms with Gasteiger partial charge in [0.1, 0.15) is 0 Å². The predicted octanol–water partition coefficient (Wildman–Crippen LogP) is 4.78. The van der Waals surface area contributed by atoms with E-state index in [-0.39, 0.29) is 22.0 Å². The van der Waals surface area contributed by atoms with E-state index in [2.05, 4.69) is 5.32 Å². The molecule has 0 saturated carbocycles. The second-order valence-electron chi connectivity index (χ2n) is 5.46. The zero-order valence-corrected chi connectivity index (χ0v) is 15.2. The number of esters is 1. The Kier molecular flexibility index (Phi) is 6.22. The molecule has 0 radical (unpaired) electrons. The van der Waals surface area contributed by atoms with Crippen molar-refractivity contribution in [2.24, 2.45) is 0 Å². The Bertz CT molecular complexity index is 888. The van der Waals surface area contributed by atoms with E-state index in [1.807, 2.05) is 0 Å². The lowest BCUT2D eigenvalue weighted by atomic mass is 10.2. The molecule has 144 valence electrons. The van der Waals surface area contributed by atoms with Crippen LogP contribution in [0.25, 0.3) is 0 Å². The molecular weight excluding hydrogens is 408 g/mol. The number of amides is 1. The van der Waals surface area contributed by atoms with Crippen LogP contribution in [0.2, 0.25) is 10.0 Å². The monoisotopic (exact) mass is 420 g/mol. The number of nitrogens with two attached hydrogens (primary N) is 1. The number of alkyl halides is 3. The molecule has 0 aliphatic heterocycles. The number of rotatable bonds is 4. The first kappa shape index (κ1) is 20.9. The van der Waals surface area contributed by atoms with Crippen LogP contribution in [0.15, 0.2) is 36.4 Å². The molecular formula is C17H13Cl2F3N2O3. The van der Waals surface area contributed by atoms with Crippen LogP contribution in [-0.2, 0) is 15.7 Å². The van der Waals surface area contributed by atoms with Gasteiger partial charge in [-0.1, -0.05) is 23.2 Å². The van der Waals surface area contributed by atoms with E-state index in [0.29, 0.717) is 11.1 Å². The van der Waals surface area contributed by atoms with Crippen molar-refractivity contribution in [2.45, 2.75) is 19.2 Å². The van der Waals surface area contributed by atoms with Crippen LogP contribution in [0.5, 0.6) is 0 Å². The fraction of sp³-hybridized carbons (Fsp3) is 0.176. The van der Waals surface area contributed by atoms with Crippen molar-refractivity contribution < 1.29 is 27.5 Å². The Morgan fingerprint density at radius 3 is 2.41 bits per heavy atom. The highest BCUT2D eigenvalue weighted by atomic mass is 35.5. The number of hydrogen-bond acceptors (Lipinski definition) is 4. The first-order valence-corrected chi connectivity index (χ1v) is 8.18. The average Bonchev–Trinajstić information content (AvgIpc) is 2.55. The van der Waals surface area contributed by atoms with E-state index in [1.54, 1.807) is 0 Å². The summed E-state index contributed by atoms with van der Waals surface area (Å²) in [5.41, 5.74) is 4.47. The quantitative estimate of drug-likeness (QED) is 0.550. The lowest BCUT2D eigenvalue weighted by Crippen LogP contribution is -2.30. The van der Waals surface area contributed by atoms with Crippen LogP contribution < -0.4 is 11.1 Å². The molecule has 0 aliphatic rings. The smallest absolute Gasteiger partial charge is 0.416 e. The summed E-state index contributed by atoms with van der Waals surface area (Å²) in [7, 11) is 0. The van der Waals surface area contributed by atoms with Crippen LogP contribution >= 0.6 is 23.2 Å². The number of anilines is 2. The molecule has 10 heteroatoms. The van der Waals surface area contributed by atoms with Crippen molar-refractivity contribution in [3.05, 3.63) is 57.6 Å². The van der Waals surface area contributed by atoms with Crippen molar-refractivity contribution in [1.82, 2.24) is 0 Å². The fourth-order valence-electron chi connectivity index (χ4n) is 2.03. The van der Waals surface area contributed by atoms with Gasteiger partial charge in [0.2, 0.25) is 0 Å². The maximum absolute atomic E-state index is 12.8. The molecule has 2 rings (SSSR count). The fourth-order valence-corrected chi connectivity index (χ4v) is 2.37. The molecule has 0 aliphatic carbocycles. The molecule has 0 unspecified atom stereocenters. The summed E-state index contributed by atoms with van der Waals surface area (Å²) < 4.78 is 43.3. The van der Waals surface area contributed by atoms with Gasteiger partial charge in [0.15, 0.2) is 6.10 Å². The van der Waals surface area contributed by atoms with E-state index in [4.69, 9.17) is 33.7 Å². The molecule has 0 fully saturated rings. The van der Waals surface area contributed by atoms with Gasteiger partial charge in [-0.15, -0.1) is 0 Å². The highest BCUT2D eigenvalue weighted by Crippen LogP contribution is 2.34. The van der Waals surface area contributed by atoms with Crippen LogP contribution in [-0.4, -0.2) is 18.0 Å². The molecule has 0 spiro atoms. The summed E-state index contributed by atoms with van der Waals surface area (Å²) in [5.74, 6) is -1.75. The molecule has 0 aromatic heterocycles. The molecule has 3 N–H and O–H groups in total. The minimum absolute atomic E-state index is 0.00356. The summed E-state index contributed by atoms with van der Waals surface area (Å²) in [6.07, 6.45) is -5.92.